The van der Waals surface area contributed by atoms with Crippen LogP contribution in [0.2, 0.25) is 0 Å². The lowest BCUT2D eigenvalue weighted by Gasteiger charge is -2.48. The quantitative estimate of drug-likeness (QED) is 0.904. The molecule has 3 rings (SSSR count). The van der Waals surface area contributed by atoms with E-state index < -0.39 is 0 Å². The Morgan fingerprint density at radius 3 is 2.48 bits per heavy atom. The third kappa shape index (κ3) is 2.73. The maximum absolute atomic E-state index is 4.18. The van der Waals surface area contributed by atoms with E-state index in [1.165, 1.54) is 63.7 Å². The van der Waals surface area contributed by atoms with Crippen molar-refractivity contribution in [2.75, 3.05) is 19.6 Å². The molecule has 2 fully saturated rings. The van der Waals surface area contributed by atoms with Crippen LogP contribution in [-0.4, -0.2) is 45.1 Å². The Balaban J connectivity index is 1.94. The molecule has 0 radical (unpaired) electrons. The van der Waals surface area contributed by atoms with E-state index in [2.05, 4.69) is 27.5 Å². The molecule has 1 aliphatic heterocycles. The number of aryl methyl sites for hydroxylation is 1. The van der Waals surface area contributed by atoms with Crippen molar-refractivity contribution in [1.29, 1.82) is 0 Å². The lowest BCUT2D eigenvalue weighted by molar-refractivity contribution is 0.0341. The molecule has 21 heavy (non-hydrogen) atoms. The summed E-state index contributed by atoms with van der Waals surface area (Å²) >= 11 is 0. The number of likely N-dealkylation sites (tertiary alicyclic amines) is 1. The Morgan fingerprint density at radius 1 is 1.19 bits per heavy atom. The number of nitrogens with zero attached hydrogens (tertiary/aromatic N) is 4. The number of piperidine rings is 1. The van der Waals surface area contributed by atoms with Crippen LogP contribution < -0.4 is 5.32 Å². The number of aromatic nitrogens is 3. The molecule has 1 aliphatic carbocycles. The molecule has 0 amide bonds. The van der Waals surface area contributed by atoms with Crippen LogP contribution in [0, 0.1) is 0 Å². The van der Waals surface area contributed by atoms with Gasteiger partial charge in [-0.05, 0) is 45.3 Å². The normalized spacial score (nSPS) is 24.3. The average molecular weight is 291 g/mol. The molecule has 1 atom stereocenters. The third-order valence-electron chi connectivity index (χ3n) is 5.45. The van der Waals surface area contributed by atoms with Gasteiger partial charge in [0.15, 0.2) is 0 Å². The van der Waals surface area contributed by atoms with Crippen molar-refractivity contribution >= 4 is 0 Å². The van der Waals surface area contributed by atoms with Gasteiger partial charge in [0.1, 0.15) is 0 Å². The van der Waals surface area contributed by atoms with E-state index in [9.17, 15) is 0 Å². The summed E-state index contributed by atoms with van der Waals surface area (Å²) in [5, 5.41) is 12.1. The second-order valence-electron chi connectivity index (χ2n) is 6.63. The van der Waals surface area contributed by atoms with Crippen LogP contribution in [0.5, 0.6) is 0 Å². The van der Waals surface area contributed by atoms with Crippen LogP contribution in [0.3, 0.4) is 0 Å². The molecule has 2 aliphatic rings. The lowest BCUT2D eigenvalue weighted by atomic mass is 9.82. The Kier molecular flexibility index (Phi) is 4.60. The van der Waals surface area contributed by atoms with Gasteiger partial charge >= 0.3 is 0 Å². The molecule has 2 heterocycles. The highest BCUT2D eigenvalue weighted by atomic mass is 15.4. The van der Waals surface area contributed by atoms with Gasteiger partial charge in [-0.15, -0.1) is 5.10 Å². The summed E-state index contributed by atoms with van der Waals surface area (Å²) in [6, 6.07) is 0.350. The first kappa shape index (κ1) is 15.0. The number of nitrogens with one attached hydrogen (secondary N) is 1. The van der Waals surface area contributed by atoms with Crippen molar-refractivity contribution < 1.29 is 0 Å². The predicted molar refractivity (Wildman–Crippen MR) is 84.0 cm³/mol. The molecule has 1 saturated carbocycles. The second kappa shape index (κ2) is 6.44. The van der Waals surface area contributed by atoms with E-state index in [-0.39, 0.29) is 5.54 Å². The zero-order chi connectivity index (χ0) is 14.7. The SMILES string of the molecule is CCNC(c1cnnn1C)C1(N2CCCCC2)CCCC1. The molecule has 0 spiro atoms. The highest BCUT2D eigenvalue weighted by Gasteiger charge is 2.47. The van der Waals surface area contributed by atoms with Gasteiger partial charge in [0.05, 0.1) is 17.9 Å². The third-order valence-corrected chi connectivity index (χ3v) is 5.45. The molecule has 1 N–H and O–H groups in total. The lowest BCUT2D eigenvalue weighted by Crippen LogP contribution is -2.57. The maximum atomic E-state index is 4.18. The van der Waals surface area contributed by atoms with Crippen molar-refractivity contribution in [3.8, 4) is 0 Å². The van der Waals surface area contributed by atoms with Crippen molar-refractivity contribution in [1.82, 2.24) is 25.2 Å². The van der Waals surface area contributed by atoms with Crippen LogP contribution in [0.15, 0.2) is 6.20 Å². The molecule has 1 saturated heterocycles. The van der Waals surface area contributed by atoms with Gasteiger partial charge in [0, 0.05) is 12.6 Å². The summed E-state index contributed by atoms with van der Waals surface area (Å²) in [7, 11) is 2.02. The van der Waals surface area contributed by atoms with Gasteiger partial charge in [0.25, 0.3) is 0 Å². The standard InChI is InChI=1S/C16H29N5/c1-3-17-15(14-13-18-19-20(14)2)16(9-5-6-10-16)21-11-7-4-8-12-21/h13,15,17H,3-12H2,1-2H3. The zero-order valence-electron chi connectivity index (χ0n) is 13.5. The van der Waals surface area contributed by atoms with Crippen molar-refractivity contribution in [3.05, 3.63) is 11.9 Å². The van der Waals surface area contributed by atoms with E-state index >= 15 is 0 Å². The van der Waals surface area contributed by atoms with Gasteiger partial charge in [0.2, 0.25) is 0 Å². The summed E-state index contributed by atoms with van der Waals surface area (Å²) in [4.78, 5) is 2.78. The summed E-state index contributed by atoms with van der Waals surface area (Å²) in [6.07, 6.45) is 11.4. The van der Waals surface area contributed by atoms with E-state index in [1.54, 1.807) is 0 Å². The van der Waals surface area contributed by atoms with Crippen LogP contribution in [0.1, 0.15) is 63.6 Å². The van der Waals surface area contributed by atoms with Crippen LogP contribution in [-0.2, 0) is 7.05 Å². The minimum atomic E-state index is 0.270. The largest absolute Gasteiger partial charge is 0.307 e. The fourth-order valence-corrected chi connectivity index (χ4v) is 4.45. The molecule has 5 heteroatoms. The second-order valence-corrected chi connectivity index (χ2v) is 6.63. The average Bonchev–Trinajstić information content (AvgIpc) is 3.16. The molecule has 0 bridgehead atoms. The van der Waals surface area contributed by atoms with Gasteiger partial charge in [-0.2, -0.15) is 0 Å². The fourth-order valence-electron chi connectivity index (χ4n) is 4.45. The molecule has 1 unspecified atom stereocenters. The Bertz CT molecular complexity index is 443. The first-order chi connectivity index (χ1) is 10.3. The van der Waals surface area contributed by atoms with Crippen LogP contribution >= 0.6 is 0 Å². The summed E-state index contributed by atoms with van der Waals surface area (Å²) in [5.74, 6) is 0. The smallest absolute Gasteiger partial charge is 0.0772 e. The highest BCUT2D eigenvalue weighted by molar-refractivity contribution is 5.15. The Labute approximate surface area is 128 Å². The van der Waals surface area contributed by atoms with Gasteiger partial charge in [-0.25, -0.2) is 0 Å². The van der Waals surface area contributed by atoms with Crippen molar-refractivity contribution in [3.63, 3.8) is 0 Å². The summed E-state index contributed by atoms with van der Waals surface area (Å²) in [6.45, 7) is 5.71. The molecule has 0 aromatic carbocycles. The predicted octanol–water partition coefficient (Wildman–Crippen LogP) is 2.26. The minimum absolute atomic E-state index is 0.270. The monoisotopic (exact) mass is 291 g/mol. The van der Waals surface area contributed by atoms with E-state index in [0.29, 0.717) is 6.04 Å². The van der Waals surface area contributed by atoms with Crippen molar-refractivity contribution in [2.45, 2.75) is 63.5 Å². The Hall–Kier alpha value is -0.940. The van der Waals surface area contributed by atoms with Gasteiger partial charge < -0.3 is 5.32 Å². The number of likely N-dealkylation sites (N-methyl/N-ethyl adjacent to an activating group) is 1. The van der Waals surface area contributed by atoms with E-state index in [1.807, 2.05) is 17.9 Å². The molecule has 1 aromatic rings. The number of rotatable bonds is 5. The zero-order valence-corrected chi connectivity index (χ0v) is 13.5. The summed E-state index contributed by atoms with van der Waals surface area (Å²) < 4.78 is 1.96. The minimum Gasteiger partial charge on any atom is -0.307 e. The van der Waals surface area contributed by atoms with Crippen molar-refractivity contribution in [2.24, 2.45) is 7.05 Å². The number of hydrogen-bond acceptors (Lipinski definition) is 4. The molecule has 5 nitrogen and oxygen atoms in total. The molecular weight excluding hydrogens is 262 g/mol. The van der Waals surface area contributed by atoms with Crippen LogP contribution in [0.25, 0.3) is 0 Å². The number of hydrogen-bond donors (Lipinski definition) is 1. The van der Waals surface area contributed by atoms with Gasteiger partial charge in [-0.1, -0.05) is 31.4 Å². The van der Waals surface area contributed by atoms with Crippen LogP contribution in [0.4, 0.5) is 0 Å². The molecule has 118 valence electrons. The molecular formula is C16H29N5. The first-order valence-corrected chi connectivity index (χ1v) is 8.61. The first-order valence-electron chi connectivity index (χ1n) is 8.61. The van der Waals surface area contributed by atoms with E-state index in [0.717, 1.165) is 6.54 Å². The summed E-state index contributed by atoms with van der Waals surface area (Å²) in [5.41, 5.74) is 1.51. The topological polar surface area (TPSA) is 46.0 Å². The van der Waals surface area contributed by atoms with Gasteiger partial charge in [-0.3, -0.25) is 9.58 Å². The Morgan fingerprint density at radius 2 is 1.90 bits per heavy atom. The van der Waals surface area contributed by atoms with E-state index in [4.69, 9.17) is 0 Å². The fraction of sp³-hybridized carbons (Fsp3) is 0.875. The molecule has 1 aromatic heterocycles. The maximum Gasteiger partial charge on any atom is 0.0772 e. The highest BCUT2D eigenvalue weighted by Crippen LogP contribution is 2.45.